The Labute approximate surface area is 166 Å². The second-order valence-corrected chi connectivity index (χ2v) is 7.42. The number of aryl methyl sites for hydroxylation is 1. The molecule has 3 heterocycles. The zero-order valence-corrected chi connectivity index (χ0v) is 16.4. The molecule has 1 aliphatic heterocycles. The van der Waals surface area contributed by atoms with Gasteiger partial charge in [0.25, 0.3) is 0 Å². The van der Waals surface area contributed by atoms with Crippen molar-refractivity contribution in [2.24, 2.45) is 0 Å². The first-order valence-corrected chi connectivity index (χ1v) is 9.91. The number of carbonyl (C=O) groups excluding carboxylic acids is 1. The predicted molar refractivity (Wildman–Crippen MR) is 105 cm³/mol. The fraction of sp³-hybridized carbons (Fsp3) is 0.316. The average molecular weight is 399 g/mol. The number of ether oxygens (including phenoxy) is 1. The van der Waals surface area contributed by atoms with Gasteiger partial charge in [-0.2, -0.15) is 0 Å². The van der Waals surface area contributed by atoms with E-state index in [1.54, 1.807) is 12.3 Å². The van der Waals surface area contributed by atoms with Crippen LogP contribution < -0.4 is 15.5 Å². The van der Waals surface area contributed by atoms with E-state index in [4.69, 9.17) is 9.15 Å². The van der Waals surface area contributed by atoms with E-state index in [1.807, 2.05) is 48.9 Å². The van der Waals surface area contributed by atoms with Crippen LogP contribution in [0.4, 0.5) is 0 Å². The Morgan fingerprint density at radius 2 is 2.14 bits per heavy atom. The number of thioether (sulfide) groups is 1. The van der Waals surface area contributed by atoms with Crippen LogP contribution in [0.3, 0.4) is 0 Å². The maximum absolute atomic E-state index is 13.0. The van der Waals surface area contributed by atoms with Crippen molar-refractivity contribution in [2.75, 3.05) is 12.0 Å². The highest BCUT2D eigenvalue weighted by Gasteiger charge is 2.37. The molecule has 0 aliphatic carbocycles. The largest absolute Gasteiger partial charge is 0.494 e. The van der Waals surface area contributed by atoms with E-state index in [2.05, 4.69) is 20.9 Å². The van der Waals surface area contributed by atoms with Crippen molar-refractivity contribution in [2.45, 2.75) is 36.8 Å². The number of nitrogens with one attached hydrogen (secondary N) is 2. The van der Waals surface area contributed by atoms with Crippen LogP contribution in [-0.4, -0.2) is 32.6 Å². The molecule has 1 aromatic carbocycles. The van der Waals surface area contributed by atoms with Gasteiger partial charge in [-0.15, -0.1) is 10.2 Å². The van der Waals surface area contributed by atoms with E-state index in [9.17, 15) is 4.79 Å². The van der Waals surface area contributed by atoms with E-state index >= 15 is 0 Å². The highest BCUT2D eigenvalue weighted by Crippen LogP contribution is 2.37. The summed E-state index contributed by atoms with van der Waals surface area (Å²) in [4.78, 5) is 13.0. The minimum atomic E-state index is -0.413. The zero-order chi connectivity index (χ0) is 19.5. The molecule has 0 radical (unpaired) electrons. The van der Waals surface area contributed by atoms with Gasteiger partial charge in [-0.05, 0) is 43.7 Å². The lowest BCUT2D eigenvalue weighted by molar-refractivity contribution is -0.121. The molecule has 0 unspecified atom stereocenters. The Morgan fingerprint density at radius 1 is 1.32 bits per heavy atom. The van der Waals surface area contributed by atoms with E-state index in [0.717, 1.165) is 17.1 Å². The summed E-state index contributed by atoms with van der Waals surface area (Å²) in [6, 6.07) is 11.2. The van der Waals surface area contributed by atoms with Gasteiger partial charge in [-0.3, -0.25) is 4.79 Å². The molecule has 2 atom stereocenters. The molecule has 4 rings (SSSR count). The van der Waals surface area contributed by atoms with Gasteiger partial charge in [0, 0.05) is 0 Å². The van der Waals surface area contributed by atoms with E-state index in [-0.39, 0.29) is 11.9 Å². The van der Waals surface area contributed by atoms with Crippen LogP contribution in [0.5, 0.6) is 5.75 Å². The van der Waals surface area contributed by atoms with Crippen molar-refractivity contribution >= 4 is 17.7 Å². The van der Waals surface area contributed by atoms with Crippen molar-refractivity contribution in [1.29, 1.82) is 0 Å². The number of amides is 1. The maximum Gasteiger partial charge on any atom is 0.236 e. The monoisotopic (exact) mass is 399 g/mol. The van der Waals surface area contributed by atoms with Gasteiger partial charge < -0.3 is 19.9 Å². The Balaban J connectivity index is 1.58. The average Bonchev–Trinajstić information content (AvgIpc) is 3.36. The molecular weight excluding hydrogens is 378 g/mol. The number of hydrogen-bond donors (Lipinski definition) is 2. The number of benzene rings is 1. The van der Waals surface area contributed by atoms with Crippen LogP contribution in [0.1, 0.15) is 30.1 Å². The molecule has 0 saturated heterocycles. The molecule has 8 nitrogen and oxygen atoms in total. The molecule has 0 fully saturated rings. The summed E-state index contributed by atoms with van der Waals surface area (Å²) in [6.45, 7) is 4.77. The Morgan fingerprint density at radius 3 is 2.86 bits per heavy atom. The number of fused-ring (bicyclic) bond motifs is 1. The molecule has 3 aromatic rings. The fourth-order valence-electron chi connectivity index (χ4n) is 3.04. The van der Waals surface area contributed by atoms with Crippen LogP contribution in [0, 0.1) is 6.92 Å². The molecule has 2 aromatic heterocycles. The van der Waals surface area contributed by atoms with Crippen LogP contribution in [0.2, 0.25) is 0 Å². The van der Waals surface area contributed by atoms with Gasteiger partial charge in [0.05, 0.1) is 25.5 Å². The van der Waals surface area contributed by atoms with Crippen LogP contribution in [-0.2, 0) is 11.3 Å². The molecule has 1 amide bonds. The predicted octanol–water partition coefficient (Wildman–Crippen LogP) is 2.65. The molecule has 28 heavy (non-hydrogen) atoms. The Kier molecular flexibility index (Phi) is 5.25. The highest BCUT2D eigenvalue weighted by atomic mass is 32.2. The standard InChI is InChI=1S/C19H21N5O3S/c1-3-26-14-8-6-13(7-9-14)16-17(18(25)20-11-15-5-4-10-27-15)28-19-22-21-12(2)24(19)23-16/h4-10,16-17,23H,3,11H2,1-2H3,(H,20,25)/t16-,17+/m1/s1. The van der Waals surface area contributed by atoms with Crippen molar-refractivity contribution in [3.05, 3.63) is 59.8 Å². The molecule has 2 N–H and O–H groups in total. The van der Waals surface area contributed by atoms with Gasteiger partial charge in [-0.1, -0.05) is 23.9 Å². The second-order valence-electron chi connectivity index (χ2n) is 6.31. The van der Waals surface area contributed by atoms with Gasteiger partial charge in [0.15, 0.2) is 0 Å². The third-order valence-corrected chi connectivity index (χ3v) is 5.64. The molecule has 0 saturated carbocycles. The normalized spacial score (nSPS) is 18.2. The molecule has 0 bridgehead atoms. The SMILES string of the molecule is CCOc1ccc([C@H]2Nn3c(C)nnc3S[C@@H]2C(=O)NCc2ccco2)cc1. The minimum Gasteiger partial charge on any atom is -0.494 e. The summed E-state index contributed by atoms with van der Waals surface area (Å²) in [5.74, 6) is 2.15. The number of rotatable bonds is 6. The lowest BCUT2D eigenvalue weighted by Crippen LogP contribution is -2.43. The molecule has 9 heteroatoms. The number of carbonyl (C=O) groups is 1. The lowest BCUT2D eigenvalue weighted by atomic mass is 10.0. The Hall–Kier alpha value is -2.94. The zero-order valence-electron chi connectivity index (χ0n) is 15.6. The number of aromatic nitrogens is 3. The van der Waals surface area contributed by atoms with Crippen LogP contribution >= 0.6 is 11.8 Å². The summed E-state index contributed by atoms with van der Waals surface area (Å²) in [6.07, 6.45) is 1.59. The first-order valence-electron chi connectivity index (χ1n) is 9.03. The molecular formula is C19H21N5O3S. The van der Waals surface area contributed by atoms with Crippen molar-refractivity contribution in [3.63, 3.8) is 0 Å². The quantitative estimate of drug-likeness (QED) is 0.658. The summed E-state index contributed by atoms with van der Waals surface area (Å²) in [5, 5.41) is 11.5. The summed E-state index contributed by atoms with van der Waals surface area (Å²) in [5.41, 5.74) is 4.36. The first kappa shape index (κ1) is 18.4. The van der Waals surface area contributed by atoms with Crippen molar-refractivity contribution in [3.8, 4) is 5.75 Å². The van der Waals surface area contributed by atoms with Gasteiger partial charge >= 0.3 is 0 Å². The topological polar surface area (TPSA) is 94.2 Å². The Bertz CT molecular complexity index is 939. The third kappa shape index (κ3) is 3.70. The summed E-state index contributed by atoms with van der Waals surface area (Å²) in [7, 11) is 0. The van der Waals surface area contributed by atoms with Crippen molar-refractivity contribution < 1.29 is 13.9 Å². The van der Waals surface area contributed by atoms with E-state index in [1.165, 1.54) is 11.8 Å². The molecule has 0 spiro atoms. The van der Waals surface area contributed by atoms with E-state index in [0.29, 0.717) is 24.1 Å². The minimum absolute atomic E-state index is 0.0975. The number of furan rings is 1. The number of nitrogens with zero attached hydrogens (tertiary/aromatic N) is 3. The first-order chi connectivity index (χ1) is 13.7. The summed E-state index contributed by atoms with van der Waals surface area (Å²) < 4.78 is 12.6. The third-order valence-electron chi connectivity index (χ3n) is 4.42. The highest BCUT2D eigenvalue weighted by molar-refractivity contribution is 8.00. The van der Waals surface area contributed by atoms with E-state index < -0.39 is 5.25 Å². The van der Waals surface area contributed by atoms with Gasteiger partial charge in [0.1, 0.15) is 22.6 Å². The summed E-state index contributed by atoms with van der Waals surface area (Å²) >= 11 is 1.39. The maximum atomic E-state index is 13.0. The smallest absolute Gasteiger partial charge is 0.236 e. The molecule has 1 aliphatic rings. The van der Waals surface area contributed by atoms with Gasteiger partial charge in [-0.25, -0.2) is 4.68 Å². The fourth-order valence-corrected chi connectivity index (χ4v) is 4.19. The van der Waals surface area contributed by atoms with Crippen LogP contribution in [0.15, 0.2) is 52.2 Å². The lowest BCUT2D eigenvalue weighted by Gasteiger charge is -2.32. The second kappa shape index (κ2) is 7.97. The van der Waals surface area contributed by atoms with Crippen molar-refractivity contribution in [1.82, 2.24) is 20.2 Å². The van der Waals surface area contributed by atoms with Gasteiger partial charge in [0.2, 0.25) is 11.1 Å². The molecule has 146 valence electrons. The van der Waals surface area contributed by atoms with Crippen LogP contribution in [0.25, 0.3) is 0 Å². The number of hydrogen-bond acceptors (Lipinski definition) is 7.